The predicted octanol–water partition coefficient (Wildman–Crippen LogP) is 2.99. The van der Waals surface area contributed by atoms with Crippen LogP contribution in [0.4, 0.5) is 10.2 Å². The van der Waals surface area contributed by atoms with Crippen LogP contribution in [0.25, 0.3) is 11.5 Å². The summed E-state index contributed by atoms with van der Waals surface area (Å²) in [6.45, 7) is 1.88. The van der Waals surface area contributed by atoms with Crippen molar-refractivity contribution in [1.29, 1.82) is 0 Å². The minimum Gasteiger partial charge on any atom is -0.310 e. The number of anilines is 1. The van der Waals surface area contributed by atoms with Crippen LogP contribution in [0.2, 0.25) is 0 Å². The first-order chi connectivity index (χ1) is 13.5. The zero-order chi connectivity index (χ0) is 19.4. The molecule has 10 heteroatoms. The van der Waals surface area contributed by atoms with E-state index in [4.69, 9.17) is 0 Å². The lowest BCUT2D eigenvalue weighted by atomic mass is 9.86. The molecule has 1 amide bonds. The first-order valence-corrected chi connectivity index (χ1v) is 9.32. The lowest BCUT2D eigenvalue weighted by Crippen LogP contribution is -2.25. The fraction of sp³-hybridized carbons (Fsp3) is 0.167. The molecule has 0 fully saturated rings. The van der Waals surface area contributed by atoms with Crippen LogP contribution in [0, 0.1) is 12.7 Å². The second kappa shape index (κ2) is 6.20. The summed E-state index contributed by atoms with van der Waals surface area (Å²) in [5.41, 5.74) is 3.11. The van der Waals surface area contributed by atoms with E-state index in [-0.39, 0.29) is 24.1 Å². The number of nitrogens with one attached hydrogen (secondary N) is 1. The number of hydrogen-bond donors (Lipinski definition) is 1. The molecule has 0 spiro atoms. The van der Waals surface area contributed by atoms with Crippen molar-refractivity contribution in [2.45, 2.75) is 19.3 Å². The molecule has 1 aromatic carbocycles. The first-order valence-electron chi connectivity index (χ1n) is 8.53. The van der Waals surface area contributed by atoms with Crippen molar-refractivity contribution >= 4 is 33.3 Å². The van der Waals surface area contributed by atoms with Gasteiger partial charge in [-0.1, -0.05) is 6.07 Å². The maximum Gasteiger partial charge on any atom is 0.226 e. The van der Waals surface area contributed by atoms with Crippen molar-refractivity contribution in [2.24, 2.45) is 0 Å². The third-order valence-electron chi connectivity index (χ3n) is 4.81. The maximum absolute atomic E-state index is 13.7. The molecule has 1 aliphatic rings. The minimum atomic E-state index is -0.344. The largest absolute Gasteiger partial charge is 0.310 e. The molecule has 8 nitrogen and oxygen atoms in total. The Balaban J connectivity index is 1.67. The fourth-order valence-corrected chi connectivity index (χ4v) is 3.95. The number of aryl methyl sites for hydroxylation is 1. The van der Waals surface area contributed by atoms with E-state index in [9.17, 15) is 9.18 Å². The number of amides is 1. The van der Waals surface area contributed by atoms with Crippen LogP contribution in [0.3, 0.4) is 0 Å². The number of fused-ring (bicyclic) bond motifs is 2. The van der Waals surface area contributed by atoms with Gasteiger partial charge in [0.1, 0.15) is 18.0 Å². The highest BCUT2D eigenvalue weighted by molar-refractivity contribution is 9.10. The molecule has 1 atom stereocenters. The van der Waals surface area contributed by atoms with Gasteiger partial charge in [0.25, 0.3) is 0 Å². The Morgan fingerprint density at radius 2 is 2.11 bits per heavy atom. The Hall–Kier alpha value is -3.14. The van der Waals surface area contributed by atoms with E-state index < -0.39 is 0 Å². The van der Waals surface area contributed by atoms with Crippen LogP contribution in [-0.4, -0.2) is 35.5 Å². The summed E-state index contributed by atoms with van der Waals surface area (Å²) in [5, 5.41) is 19.7. The molecule has 4 aromatic rings. The zero-order valence-corrected chi connectivity index (χ0v) is 16.2. The molecule has 0 saturated heterocycles. The molecule has 5 rings (SSSR count). The van der Waals surface area contributed by atoms with E-state index in [1.807, 2.05) is 6.92 Å². The lowest BCUT2D eigenvalue weighted by Gasteiger charge is -2.24. The summed E-state index contributed by atoms with van der Waals surface area (Å²) in [6.07, 6.45) is 1.76. The van der Waals surface area contributed by atoms with Crippen LogP contribution >= 0.6 is 15.9 Å². The highest BCUT2D eigenvalue weighted by Crippen LogP contribution is 2.40. The van der Waals surface area contributed by atoms with E-state index in [0.29, 0.717) is 21.8 Å². The molecule has 0 bridgehead atoms. The molecule has 0 unspecified atom stereocenters. The summed E-state index contributed by atoms with van der Waals surface area (Å²) < 4.78 is 17.2. The minimum absolute atomic E-state index is 0.135. The smallest absolute Gasteiger partial charge is 0.226 e. The SMILES string of the molecule is Cc1nn(-c2ccc3nncn3n2)c2c1[C@H](c1ccc(F)c(Br)c1)CC(=O)N2. The number of halogens is 2. The van der Waals surface area contributed by atoms with Crippen molar-refractivity contribution in [3.8, 4) is 5.82 Å². The van der Waals surface area contributed by atoms with E-state index in [2.05, 4.69) is 41.6 Å². The molecule has 4 heterocycles. The van der Waals surface area contributed by atoms with Crippen LogP contribution in [0.5, 0.6) is 0 Å². The number of rotatable bonds is 2. The van der Waals surface area contributed by atoms with Gasteiger partial charge >= 0.3 is 0 Å². The van der Waals surface area contributed by atoms with E-state index in [1.165, 1.54) is 16.9 Å². The Kier molecular flexibility index (Phi) is 3.76. The Morgan fingerprint density at radius 1 is 1.25 bits per heavy atom. The standard InChI is InChI=1S/C18H13BrFN7O/c1-9-17-11(10-2-3-13(20)12(19)6-10)7-16(28)22-18(17)27(24-9)15-5-4-14-23-21-8-26(14)25-15/h2-6,8,11H,7H2,1H3,(H,22,28)/t11-/m0/s1. The number of nitrogens with zero attached hydrogens (tertiary/aromatic N) is 6. The molecule has 3 aromatic heterocycles. The van der Waals surface area contributed by atoms with Gasteiger partial charge in [-0.2, -0.15) is 14.3 Å². The molecule has 0 aliphatic carbocycles. The summed E-state index contributed by atoms with van der Waals surface area (Å²) in [4.78, 5) is 12.4. The van der Waals surface area contributed by atoms with Gasteiger partial charge in [0.05, 0.1) is 10.2 Å². The predicted molar refractivity (Wildman–Crippen MR) is 102 cm³/mol. The van der Waals surface area contributed by atoms with Crippen LogP contribution in [0.15, 0.2) is 41.1 Å². The normalized spacial score (nSPS) is 16.2. The van der Waals surface area contributed by atoms with E-state index in [1.54, 1.807) is 28.9 Å². The average Bonchev–Trinajstić information content (AvgIpc) is 3.27. The van der Waals surface area contributed by atoms with Gasteiger partial charge in [0, 0.05) is 17.9 Å². The maximum atomic E-state index is 13.7. The number of carbonyl (C=O) groups is 1. The molecule has 140 valence electrons. The second-order valence-corrected chi connectivity index (χ2v) is 7.42. The summed E-state index contributed by atoms with van der Waals surface area (Å²) in [7, 11) is 0. The number of aromatic nitrogens is 6. The fourth-order valence-electron chi connectivity index (χ4n) is 3.56. The van der Waals surface area contributed by atoms with Gasteiger partial charge < -0.3 is 5.32 Å². The average molecular weight is 442 g/mol. The topological polar surface area (TPSA) is 90.0 Å². The summed E-state index contributed by atoms with van der Waals surface area (Å²) >= 11 is 3.23. The molecule has 1 N–H and O–H groups in total. The van der Waals surface area contributed by atoms with Crippen molar-refractivity contribution in [3.63, 3.8) is 0 Å². The summed E-state index contributed by atoms with van der Waals surface area (Å²) in [5.74, 6) is 0.387. The lowest BCUT2D eigenvalue weighted by molar-refractivity contribution is -0.116. The third kappa shape index (κ3) is 2.60. The Morgan fingerprint density at radius 3 is 2.93 bits per heavy atom. The molecular formula is C18H13BrFN7O. The highest BCUT2D eigenvalue weighted by Gasteiger charge is 2.33. The van der Waals surface area contributed by atoms with Gasteiger partial charge in [0.15, 0.2) is 11.5 Å². The van der Waals surface area contributed by atoms with Crippen molar-refractivity contribution in [2.75, 3.05) is 5.32 Å². The molecule has 28 heavy (non-hydrogen) atoms. The van der Waals surface area contributed by atoms with Gasteiger partial charge in [-0.25, -0.2) is 4.39 Å². The number of carbonyl (C=O) groups excluding carboxylic acids is 1. The molecule has 1 aliphatic heterocycles. The molecular weight excluding hydrogens is 429 g/mol. The zero-order valence-electron chi connectivity index (χ0n) is 14.6. The molecule has 0 saturated carbocycles. The van der Waals surface area contributed by atoms with Crippen molar-refractivity contribution in [3.05, 3.63) is 63.8 Å². The summed E-state index contributed by atoms with van der Waals surface area (Å²) in [6, 6.07) is 8.35. The number of hydrogen-bond acceptors (Lipinski definition) is 5. The Labute approximate surface area is 166 Å². The number of benzene rings is 1. The quantitative estimate of drug-likeness (QED) is 0.516. The second-order valence-electron chi connectivity index (χ2n) is 6.56. The van der Waals surface area contributed by atoms with Gasteiger partial charge in [-0.3, -0.25) is 4.79 Å². The van der Waals surface area contributed by atoms with Crippen molar-refractivity contribution < 1.29 is 9.18 Å². The van der Waals surface area contributed by atoms with Crippen LogP contribution < -0.4 is 5.32 Å². The van der Waals surface area contributed by atoms with Crippen LogP contribution in [-0.2, 0) is 4.79 Å². The monoisotopic (exact) mass is 441 g/mol. The van der Waals surface area contributed by atoms with E-state index >= 15 is 0 Å². The Bertz CT molecular complexity index is 1250. The van der Waals surface area contributed by atoms with Gasteiger partial charge in [-0.15, -0.1) is 15.3 Å². The third-order valence-corrected chi connectivity index (χ3v) is 5.42. The van der Waals surface area contributed by atoms with Crippen molar-refractivity contribution in [1.82, 2.24) is 29.6 Å². The first kappa shape index (κ1) is 17.0. The highest BCUT2D eigenvalue weighted by atomic mass is 79.9. The van der Waals surface area contributed by atoms with Gasteiger partial charge in [0.2, 0.25) is 5.91 Å². The van der Waals surface area contributed by atoms with Gasteiger partial charge in [-0.05, 0) is 52.7 Å². The molecule has 0 radical (unpaired) electrons. The van der Waals surface area contributed by atoms with Crippen LogP contribution in [0.1, 0.15) is 29.2 Å². The van der Waals surface area contributed by atoms with E-state index in [0.717, 1.165) is 16.8 Å².